The van der Waals surface area contributed by atoms with E-state index in [1.165, 1.54) is 5.56 Å². The van der Waals surface area contributed by atoms with Crippen LogP contribution in [0.2, 0.25) is 0 Å². The van der Waals surface area contributed by atoms with Crippen LogP contribution in [0.3, 0.4) is 0 Å². The molecule has 0 radical (unpaired) electrons. The fourth-order valence-corrected chi connectivity index (χ4v) is 1.50. The molecule has 0 aliphatic heterocycles. The van der Waals surface area contributed by atoms with Gasteiger partial charge >= 0.3 is 21.6 Å². The van der Waals surface area contributed by atoms with Gasteiger partial charge in [-0.05, 0) is 19.4 Å². The summed E-state index contributed by atoms with van der Waals surface area (Å²) in [5, 5.41) is 0. The maximum atomic E-state index is 11.2. The summed E-state index contributed by atoms with van der Waals surface area (Å²) in [6.07, 6.45) is 1.18. The molecule has 1 N–H and O–H groups in total. The van der Waals surface area contributed by atoms with Gasteiger partial charge in [0.25, 0.3) is 0 Å². The highest BCUT2D eigenvalue weighted by molar-refractivity contribution is 7.86. The summed E-state index contributed by atoms with van der Waals surface area (Å²) in [6.45, 7) is 5.68. The van der Waals surface area contributed by atoms with Crippen LogP contribution in [0.25, 0.3) is 0 Å². The van der Waals surface area contributed by atoms with Gasteiger partial charge in [-0.1, -0.05) is 37.3 Å². The Hall–Kier alpha value is -1.61. The first-order chi connectivity index (χ1) is 10.3. The molecule has 5 nitrogen and oxygen atoms in total. The average molecular weight is 356 g/mol. The lowest BCUT2D eigenvalue weighted by Crippen LogP contribution is -2.30. The van der Waals surface area contributed by atoms with E-state index in [0.29, 0.717) is 6.42 Å². The van der Waals surface area contributed by atoms with Gasteiger partial charge in [-0.25, -0.2) is 0 Å². The summed E-state index contributed by atoms with van der Waals surface area (Å²) in [5.74, 6) is -0.143. The standard InChI is InChI=1S/C13H18O2.CHF3O3S/c1-4-12(14)15-13(2,3)10-11-8-6-5-7-9-11;2-1(3,4)8(5,6)7/h5-9H,4,10H2,1-3H3;(H,5,6,7). The second-order valence-electron chi connectivity index (χ2n) is 5.17. The number of hydrogen-bond acceptors (Lipinski definition) is 4. The molecular formula is C14H19F3O5S. The van der Waals surface area contributed by atoms with Crippen molar-refractivity contribution in [3.8, 4) is 0 Å². The van der Waals surface area contributed by atoms with Crippen molar-refractivity contribution in [1.29, 1.82) is 0 Å². The average Bonchev–Trinajstić information content (AvgIpc) is 2.37. The van der Waals surface area contributed by atoms with Crippen LogP contribution in [0.4, 0.5) is 13.2 Å². The van der Waals surface area contributed by atoms with Gasteiger partial charge in [-0.15, -0.1) is 0 Å². The van der Waals surface area contributed by atoms with Crippen LogP contribution in [0, 0.1) is 0 Å². The third-order valence-electron chi connectivity index (χ3n) is 2.44. The van der Waals surface area contributed by atoms with Gasteiger partial charge < -0.3 is 4.74 Å². The molecule has 0 saturated heterocycles. The minimum absolute atomic E-state index is 0.143. The van der Waals surface area contributed by atoms with Gasteiger partial charge in [0.15, 0.2) is 0 Å². The lowest BCUT2D eigenvalue weighted by Gasteiger charge is -2.25. The number of rotatable bonds is 4. The topological polar surface area (TPSA) is 80.7 Å². The van der Waals surface area contributed by atoms with Crippen molar-refractivity contribution in [3.05, 3.63) is 35.9 Å². The molecule has 0 amide bonds. The maximum absolute atomic E-state index is 11.2. The van der Waals surface area contributed by atoms with Gasteiger partial charge in [0.1, 0.15) is 5.60 Å². The Kier molecular flexibility index (Phi) is 7.72. The minimum atomic E-state index is -5.84. The van der Waals surface area contributed by atoms with Gasteiger partial charge in [-0.2, -0.15) is 21.6 Å². The Morgan fingerprint density at radius 1 is 1.17 bits per heavy atom. The minimum Gasteiger partial charge on any atom is -0.459 e. The molecule has 9 heteroatoms. The Labute approximate surface area is 133 Å². The molecule has 0 saturated carbocycles. The molecule has 1 aromatic rings. The molecule has 0 unspecified atom stereocenters. The van der Waals surface area contributed by atoms with Crippen LogP contribution in [0.1, 0.15) is 32.8 Å². The first-order valence-corrected chi connectivity index (χ1v) is 8.02. The quantitative estimate of drug-likeness (QED) is 0.508. The van der Waals surface area contributed by atoms with Crippen LogP contribution in [0.5, 0.6) is 0 Å². The van der Waals surface area contributed by atoms with E-state index in [9.17, 15) is 18.0 Å². The zero-order valence-electron chi connectivity index (χ0n) is 12.9. The number of carbonyl (C=O) groups is 1. The summed E-state index contributed by atoms with van der Waals surface area (Å²) in [5.41, 5.74) is -4.77. The molecule has 23 heavy (non-hydrogen) atoms. The number of ether oxygens (including phenoxy) is 1. The van der Waals surface area contributed by atoms with Crippen molar-refractivity contribution in [2.75, 3.05) is 0 Å². The molecule has 0 aliphatic carbocycles. The molecule has 1 rings (SSSR count). The van der Waals surface area contributed by atoms with E-state index in [2.05, 4.69) is 0 Å². The van der Waals surface area contributed by atoms with Crippen LogP contribution in [0.15, 0.2) is 30.3 Å². The predicted octanol–water partition coefficient (Wildman–Crippen LogP) is 3.35. The third kappa shape index (κ3) is 9.19. The molecule has 1 aromatic carbocycles. The predicted molar refractivity (Wildman–Crippen MR) is 78.2 cm³/mol. The highest BCUT2D eigenvalue weighted by atomic mass is 32.2. The molecule has 0 fully saturated rings. The number of halogens is 3. The van der Waals surface area contributed by atoms with Gasteiger partial charge in [-0.3, -0.25) is 9.35 Å². The largest absolute Gasteiger partial charge is 0.522 e. The summed E-state index contributed by atoms with van der Waals surface area (Å²) < 4.78 is 62.9. The second kappa shape index (κ2) is 8.30. The van der Waals surface area contributed by atoms with Crippen molar-refractivity contribution in [2.24, 2.45) is 0 Å². The Morgan fingerprint density at radius 3 is 1.96 bits per heavy atom. The first kappa shape index (κ1) is 21.4. The third-order valence-corrected chi connectivity index (χ3v) is 3.03. The van der Waals surface area contributed by atoms with E-state index in [4.69, 9.17) is 17.7 Å². The van der Waals surface area contributed by atoms with Crippen LogP contribution < -0.4 is 0 Å². The molecule has 132 valence electrons. The van der Waals surface area contributed by atoms with E-state index in [1.54, 1.807) is 6.92 Å². The van der Waals surface area contributed by atoms with Gasteiger partial charge in [0.2, 0.25) is 0 Å². The van der Waals surface area contributed by atoms with Crippen molar-refractivity contribution < 1.29 is 35.7 Å². The first-order valence-electron chi connectivity index (χ1n) is 6.58. The van der Waals surface area contributed by atoms with E-state index < -0.39 is 21.2 Å². The maximum Gasteiger partial charge on any atom is 0.522 e. The van der Waals surface area contributed by atoms with Gasteiger partial charge in [0.05, 0.1) is 0 Å². The Bertz CT molecular complexity index is 595. The normalized spacial score (nSPS) is 12.1. The van der Waals surface area contributed by atoms with E-state index in [0.717, 1.165) is 6.42 Å². The number of benzene rings is 1. The zero-order valence-corrected chi connectivity index (χ0v) is 13.7. The number of carbonyl (C=O) groups excluding carboxylic acids is 1. The number of alkyl halides is 3. The second-order valence-corrected chi connectivity index (χ2v) is 6.58. The lowest BCUT2D eigenvalue weighted by molar-refractivity contribution is -0.155. The lowest BCUT2D eigenvalue weighted by atomic mass is 9.98. The highest BCUT2D eigenvalue weighted by Gasteiger charge is 2.44. The van der Waals surface area contributed by atoms with Crippen LogP contribution in [-0.4, -0.2) is 30.0 Å². The van der Waals surface area contributed by atoms with Crippen molar-refractivity contribution in [1.82, 2.24) is 0 Å². The summed E-state index contributed by atoms with van der Waals surface area (Å²) >= 11 is 0. The number of hydrogen-bond donors (Lipinski definition) is 1. The SMILES string of the molecule is CCC(=O)OC(C)(C)Cc1ccccc1.O=S(=O)(O)C(F)(F)F. The van der Waals surface area contributed by atoms with Crippen molar-refractivity contribution >= 4 is 16.1 Å². The van der Waals surface area contributed by atoms with Crippen LogP contribution in [-0.2, 0) is 26.1 Å². The van der Waals surface area contributed by atoms with E-state index in [-0.39, 0.29) is 5.97 Å². The Morgan fingerprint density at radius 2 is 1.61 bits per heavy atom. The fourth-order valence-electron chi connectivity index (χ4n) is 1.50. The van der Waals surface area contributed by atoms with E-state index >= 15 is 0 Å². The van der Waals surface area contributed by atoms with Crippen LogP contribution >= 0.6 is 0 Å². The summed E-state index contributed by atoms with van der Waals surface area (Å²) in [6, 6.07) is 10.1. The molecule has 0 heterocycles. The zero-order chi connectivity index (χ0) is 18.3. The summed E-state index contributed by atoms with van der Waals surface area (Å²) in [7, 11) is -5.84. The Balaban J connectivity index is 0.000000515. The number of esters is 1. The molecule has 0 aromatic heterocycles. The summed E-state index contributed by atoms with van der Waals surface area (Å²) in [4.78, 5) is 11.2. The molecule has 0 bridgehead atoms. The van der Waals surface area contributed by atoms with E-state index in [1.807, 2.05) is 44.2 Å². The highest BCUT2D eigenvalue weighted by Crippen LogP contribution is 2.20. The molecule has 0 aliphatic rings. The monoisotopic (exact) mass is 356 g/mol. The molecule has 0 atom stereocenters. The molecule has 0 spiro atoms. The van der Waals surface area contributed by atoms with Gasteiger partial charge in [0, 0.05) is 12.8 Å². The smallest absolute Gasteiger partial charge is 0.459 e. The molecular weight excluding hydrogens is 337 g/mol. The van der Waals surface area contributed by atoms with Crippen molar-refractivity contribution in [2.45, 2.75) is 44.7 Å². The fraction of sp³-hybridized carbons (Fsp3) is 0.500. The van der Waals surface area contributed by atoms with Crippen molar-refractivity contribution in [3.63, 3.8) is 0 Å².